The number of carbonyl (C=O) groups excluding carboxylic acids is 1. The number of nitrogens with zero attached hydrogens (tertiary/aromatic N) is 2. The van der Waals surface area contributed by atoms with Gasteiger partial charge in [0, 0.05) is 18.3 Å². The number of carbonyl (C=O) groups is 1. The van der Waals surface area contributed by atoms with Gasteiger partial charge in [0.15, 0.2) is 0 Å². The number of phenolic OH excluding ortho intramolecular Hbond substituents is 1. The SMILES string of the molecule is C[C@@H]1CC(C)(C)N(C)c2ccc(/C=N/NC(=O)c3ccccc3O)cc21. The molecule has 0 unspecified atom stereocenters. The summed E-state index contributed by atoms with van der Waals surface area (Å²) in [7, 11) is 2.13. The van der Waals surface area contributed by atoms with Crippen LogP contribution in [0.5, 0.6) is 5.75 Å². The normalized spacial score (nSPS) is 18.6. The summed E-state index contributed by atoms with van der Waals surface area (Å²) in [4.78, 5) is 14.4. The molecule has 0 spiro atoms. The van der Waals surface area contributed by atoms with Crippen molar-refractivity contribution in [1.82, 2.24) is 5.43 Å². The fourth-order valence-corrected chi connectivity index (χ4v) is 3.57. The van der Waals surface area contributed by atoms with Crippen LogP contribution >= 0.6 is 0 Å². The van der Waals surface area contributed by atoms with Crippen molar-refractivity contribution in [2.75, 3.05) is 11.9 Å². The number of anilines is 1. The first-order chi connectivity index (χ1) is 12.3. The zero-order chi connectivity index (χ0) is 18.9. The highest BCUT2D eigenvalue weighted by atomic mass is 16.3. The third-order valence-electron chi connectivity index (χ3n) is 5.19. The van der Waals surface area contributed by atoms with E-state index in [1.54, 1.807) is 24.4 Å². The van der Waals surface area contributed by atoms with Crippen molar-refractivity contribution in [2.45, 2.75) is 38.6 Å². The van der Waals surface area contributed by atoms with E-state index in [1.165, 1.54) is 17.3 Å². The molecule has 0 fully saturated rings. The molecule has 1 amide bonds. The topological polar surface area (TPSA) is 64.9 Å². The van der Waals surface area contributed by atoms with Gasteiger partial charge in [-0.1, -0.05) is 25.1 Å². The molecule has 136 valence electrons. The Kier molecular flexibility index (Phi) is 4.72. The molecule has 0 saturated carbocycles. The number of benzene rings is 2. The molecule has 1 heterocycles. The van der Waals surface area contributed by atoms with Crippen LogP contribution in [0.3, 0.4) is 0 Å². The predicted octanol–water partition coefficient (Wildman–Crippen LogP) is 3.88. The average Bonchev–Trinajstić information content (AvgIpc) is 2.60. The molecule has 0 bridgehead atoms. The number of rotatable bonds is 3. The minimum atomic E-state index is -0.438. The molecular formula is C21H25N3O2. The van der Waals surface area contributed by atoms with E-state index in [-0.39, 0.29) is 16.9 Å². The number of hydrogen-bond acceptors (Lipinski definition) is 4. The molecule has 2 aromatic rings. The van der Waals surface area contributed by atoms with Crippen molar-refractivity contribution in [2.24, 2.45) is 5.10 Å². The molecule has 5 nitrogen and oxygen atoms in total. The molecule has 26 heavy (non-hydrogen) atoms. The van der Waals surface area contributed by atoms with Crippen molar-refractivity contribution in [1.29, 1.82) is 0 Å². The van der Waals surface area contributed by atoms with Gasteiger partial charge in [0.05, 0.1) is 11.8 Å². The molecule has 2 aromatic carbocycles. The zero-order valence-corrected chi connectivity index (χ0v) is 15.7. The molecule has 3 rings (SSSR count). The summed E-state index contributed by atoms with van der Waals surface area (Å²) >= 11 is 0. The largest absolute Gasteiger partial charge is 0.507 e. The molecular weight excluding hydrogens is 326 g/mol. The van der Waals surface area contributed by atoms with Crippen LogP contribution in [0.25, 0.3) is 0 Å². The van der Waals surface area contributed by atoms with E-state index in [1.807, 2.05) is 6.07 Å². The number of aromatic hydroxyl groups is 1. The van der Waals surface area contributed by atoms with Crippen molar-refractivity contribution in [3.05, 3.63) is 59.2 Å². The molecule has 1 aliphatic rings. The molecule has 2 N–H and O–H groups in total. The van der Waals surface area contributed by atoms with E-state index in [4.69, 9.17) is 0 Å². The molecule has 1 atom stereocenters. The summed E-state index contributed by atoms with van der Waals surface area (Å²) in [5.74, 6) is -0.0407. The van der Waals surface area contributed by atoms with Crippen LogP contribution in [0.2, 0.25) is 0 Å². The highest BCUT2D eigenvalue weighted by Gasteiger charge is 2.33. The molecule has 0 saturated heterocycles. The second-order valence-corrected chi connectivity index (χ2v) is 7.51. The number of para-hydroxylation sites is 1. The van der Waals surface area contributed by atoms with Gasteiger partial charge in [-0.25, -0.2) is 5.43 Å². The van der Waals surface area contributed by atoms with Gasteiger partial charge < -0.3 is 10.0 Å². The van der Waals surface area contributed by atoms with E-state index in [2.05, 4.69) is 55.4 Å². The lowest BCUT2D eigenvalue weighted by molar-refractivity contribution is 0.0952. The Morgan fingerprint density at radius 2 is 2.04 bits per heavy atom. The number of nitrogens with one attached hydrogen (secondary N) is 1. The Hall–Kier alpha value is -2.82. The Morgan fingerprint density at radius 3 is 2.77 bits per heavy atom. The summed E-state index contributed by atoms with van der Waals surface area (Å²) in [5.41, 5.74) is 6.26. The van der Waals surface area contributed by atoms with Gasteiger partial charge in [0.25, 0.3) is 5.91 Å². The maximum atomic E-state index is 12.1. The van der Waals surface area contributed by atoms with Crippen LogP contribution in [0.15, 0.2) is 47.6 Å². The molecule has 1 aliphatic heterocycles. The second kappa shape index (κ2) is 6.83. The Balaban J connectivity index is 1.76. The van der Waals surface area contributed by atoms with Crippen LogP contribution in [-0.4, -0.2) is 29.8 Å². The first kappa shape index (κ1) is 18.0. The highest BCUT2D eigenvalue weighted by molar-refractivity contribution is 5.97. The molecule has 5 heteroatoms. The van der Waals surface area contributed by atoms with Gasteiger partial charge in [-0.05, 0) is 61.6 Å². The third-order valence-corrected chi connectivity index (χ3v) is 5.19. The standard InChI is InChI=1S/C21H25N3O2/c1-14-12-21(2,3)24(4)18-10-9-15(11-17(14)18)13-22-23-20(26)16-7-5-6-8-19(16)25/h5-11,13-14,25H,12H2,1-4H3,(H,23,26)/b22-13+/t14-/m1/s1. The summed E-state index contributed by atoms with van der Waals surface area (Å²) in [5, 5.41) is 13.7. The Bertz CT molecular complexity index is 858. The number of hydrogen-bond donors (Lipinski definition) is 2. The lowest BCUT2D eigenvalue weighted by Crippen LogP contribution is -2.45. The summed E-state index contributed by atoms with van der Waals surface area (Å²) in [6.45, 7) is 6.77. The van der Waals surface area contributed by atoms with E-state index >= 15 is 0 Å². The minimum absolute atomic E-state index is 0.0616. The second-order valence-electron chi connectivity index (χ2n) is 7.51. The van der Waals surface area contributed by atoms with E-state index in [9.17, 15) is 9.90 Å². The van der Waals surface area contributed by atoms with E-state index in [0.717, 1.165) is 12.0 Å². The maximum absolute atomic E-state index is 12.1. The number of fused-ring (bicyclic) bond motifs is 1. The average molecular weight is 351 g/mol. The van der Waals surface area contributed by atoms with Gasteiger partial charge in [-0.15, -0.1) is 0 Å². The number of phenols is 1. The van der Waals surface area contributed by atoms with E-state index < -0.39 is 5.91 Å². The summed E-state index contributed by atoms with van der Waals surface area (Å²) < 4.78 is 0. The first-order valence-electron chi connectivity index (χ1n) is 8.79. The fourth-order valence-electron chi connectivity index (χ4n) is 3.57. The van der Waals surface area contributed by atoms with Crippen LogP contribution in [-0.2, 0) is 0 Å². The van der Waals surface area contributed by atoms with Crippen molar-refractivity contribution < 1.29 is 9.90 Å². The quantitative estimate of drug-likeness (QED) is 0.651. The number of amides is 1. The van der Waals surface area contributed by atoms with E-state index in [0.29, 0.717) is 5.92 Å². The van der Waals surface area contributed by atoms with Gasteiger partial charge in [0.1, 0.15) is 5.75 Å². The smallest absolute Gasteiger partial charge is 0.275 e. The Morgan fingerprint density at radius 1 is 1.31 bits per heavy atom. The summed E-state index contributed by atoms with van der Waals surface area (Å²) in [6, 6.07) is 12.6. The van der Waals surface area contributed by atoms with Gasteiger partial charge in [0.2, 0.25) is 0 Å². The van der Waals surface area contributed by atoms with Gasteiger partial charge in [-0.3, -0.25) is 4.79 Å². The maximum Gasteiger partial charge on any atom is 0.275 e. The van der Waals surface area contributed by atoms with Crippen LogP contribution < -0.4 is 10.3 Å². The zero-order valence-electron chi connectivity index (χ0n) is 15.7. The monoisotopic (exact) mass is 351 g/mol. The summed E-state index contributed by atoms with van der Waals surface area (Å²) in [6.07, 6.45) is 2.71. The minimum Gasteiger partial charge on any atom is -0.507 e. The predicted molar refractivity (Wildman–Crippen MR) is 105 cm³/mol. The Labute approximate surface area is 154 Å². The van der Waals surface area contributed by atoms with Crippen LogP contribution in [0, 0.1) is 0 Å². The van der Waals surface area contributed by atoms with Crippen molar-refractivity contribution in [3.8, 4) is 5.75 Å². The van der Waals surface area contributed by atoms with Crippen LogP contribution in [0.4, 0.5) is 5.69 Å². The third kappa shape index (κ3) is 3.43. The first-order valence-corrected chi connectivity index (χ1v) is 8.79. The molecule has 0 radical (unpaired) electrons. The fraction of sp³-hybridized carbons (Fsp3) is 0.333. The molecule has 0 aliphatic carbocycles. The lowest BCUT2D eigenvalue weighted by atomic mass is 9.80. The van der Waals surface area contributed by atoms with Crippen molar-refractivity contribution >= 4 is 17.8 Å². The van der Waals surface area contributed by atoms with Gasteiger partial charge in [-0.2, -0.15) is 5.10 Å². The van der Waals surface area contributed by atoms with Crippen molar-refractivity contribution in [3.63, 3.8) is 0 Å². The molecule has 0 aromatic heterocycles. The number of hydrazone groups is 1. The van der Waals surface area contributed by atoms with Gasteiger partial charge >= 0.3 is 0 Å². The highest BCUT2D eigenvalue weighted by Crippen LogP contribution is 2.42. The van der Waals surface area contributed by atoms with Crippen LogP contribution in [0.1, 0.15) is 54.6 Å². The lowest BCUT2D eigenvalue weighted by Gasteiger charge is -2.45.